The van der Waals surface area contributed by atoms with Gasteiger partial charge >= 0.3 is 0 Å². The number of aliphatic hydroxyl groups excluding tert-OH is 1. The lowest BCUT2D eigenvalue weighted by Crippen LogP contribution is -2.39. The van der Waals surface area contributed by atoms with Gasteiger partial charge in [-0.3, -0.25) is 4.79 Å². The number of carbonyl (C=O) groups is 1. The molecule has 3 aliphatic rings. The zero-order valence-corrected chi connectivity index (χ0v) is 19.4. The number of fused-ring (bicyclic) bond motifs is 1. The van der Waals surface area contributed by atoms with Gasteiger partial charge in [-0.05, 0) is 68.1 Å². The van der Waals surface area contributed by atoms with E-state index in [1.54, 1.807) is 13.3 Å². The fourth-order valence-electron chi connectivity index (χ4n) is 5.11. The third kappa shape index (κ3) is 4.90. The van der Waals surface area contributed by atoms with Gasteiger partial charge in [-0.15, -0.1) is 0 Å². The maximum atomic E-state index is 13.1. The zero-order chi connectivity index (χ0) is 22.9. The average molecular weight is 452 g/mol. The standard InChI is InChI=1S/C25H33N5O3/c1-15-9-16(3-8-22(15)33-2)11-26-23-21(24(32)28-19-4-6-20(31)7-5-19)12-27-25(29-23)30-13-17-10-18(17)14-30/h3,8-9,12,17-20,31H,4-7,10-11,13-14H2,1-2H3,(H,28,32)(H,26,27,29). The van der Waals surface area contributed by atoms with E-state index in [1.165, 1.54) is 6.42 Å². The maximum Gasteiger partial charge on any atom is 0.256 e. The lowest BCUT2D eigenvalue weighted by atomic mass is 9.93. The Balaban J connectivity index is 1.34. The van der Waals surface area contributed by atoms with Gasteiger partial charge in [0.25, 0.3) is 5.91 Å². The molecule has 176 valence electrons. The van der Waals surface area contributed by atoms with Crippen LogP contribution < -0.4 is 20.3 Å². The number of piperidine rings is 1. The minimum Gasteiger partial charge on any atom is -0.496 e. The summed E-state index contributed by atoms with van der Waals surface area (Å²) in [4.78, 5) is 24.7. The van der Waals surface area contributed by atoms with Gasteiger partial charge in [0.05, 0.1) is 13.2 Å². The Kier molecular flexibility index (Phi) is 6.10. The normalized spacial score (nSPS) is 26.0. The number of hydrogen-bond donors (Lipinski definition) is 3. The molecule has 2 atom stereocenters. The van der Waals surface area contributed by atoms with Crippen LogP contribution in [0.5, 0.6) is 5.75 Å². The van der Waals surface area contributed by atoms with Crippen molar-refractivity contribution in [1.29, 1.82) is 0 Å². The van der Waals surface area contributed by atoms with Gasteiger partial charge in [-0.2, -0.15) is 4.98 Å². The summed E-state index contributed by atoms with van der Waals surface area (Å²) in [5.74, 6) is 3.48. The minimum absolute atomic E-state index is 0.0726. The Morgan fingerprint density at radius 2 is 1.97 bits per heavy atom. The SMILES string of the molecule is COc1ccc(CNc2nc(N3CC4CC4C3)ncc2C(=O)NC2CCC(O)CC2)cc1C. The number of carbonyl (C=O) groups excluding carboxylic acids is 1. The molecule has 2 aromatic rings. The van der Waals surface area contributed by atoms with Crippen LogP contribution >= 0.6 is 0 Å². The number of ether oxygens (including phenoxy) is 1. The first-order valence-corrected chi connectivity index (χ1v) is 12.0. The third-order valence-corrected chi connectivity index (χ3v) is 7.23. The van der Waals surface area contributed by atoms with Crippen LogP contribution in [0, 0.1) is 18.8 Å². The summed E-state index contributed by atoms with van der Waals surface area (Å²) in [5, 5.41) is 16.3. The molecule has 2 unspecified atom stereocenters. The highest BCUT2D eigenvalue weighted by Gasteiger charge is 2.46. The summed E-state index contributed by atoms with van der Waals surface area (Å²) in [6.07, 6.45) is 5.74. The van der Waals surface area contributed by atoms with Crippen molar-refractivity contribution in [3.05, 3.63) is 41.1 Å². The molecule has 0 radical (unpaired) electrons. The van der Waals surface area contributed by atoms with Crippen LogP contribution in [0.2, 0.25) is 0 Å². The predicted octanol–water partition coefficient (Wildman–Crippen LogP) is 2.90. The van der Waals surface area contributed by atoms with Gasteiger partial charge in [0, 0.05) is 31.9 Å². The number of hydrogen-bond acceptors (Lipinski definition) is 7. The lowest BCUT2D eigenvalue weighted by molar-refractivity contribution is 0.0867. The predicted molar refractivity (Wildman–Crippen MR) is 127 cm³/mol. The van der Waals surface area contributed by atoms with Crippen LogP contribution in [0.3, 0.4) is 0 Å². The van der Waals surface area contributed by atoms with Gasteiger partial charge < -0.3 is 25.4 Å². The summed E-state index contributed by atoms with van der Waals surface area (Å²) in [7, 11) is 1.67. The Hall–Kier alpha value is -2.87. The molecule has 1 aromatic heterocycles. The Morgan fingerprint density at radius 3 is 2.67 bits per heavy atom. The van der Waals surface area contributed by atoms with E-state index in [2.05, 4.69) is 26.6 Å². The van der Waals surface area contributed by atoms with Crippen molar-refractivity contribution < 1.29 is 14.6 Å². The van der Waals surface area contributed by atoms with Gasteiger partial charge in [-0.25, -0.2) is 4.98 Å². The number of aryl methyl sites for hydroxylation is 1. The number of aliphatic hydroxyl groups is 1. The Bertz CT molecular complexity index is 1010. The van der Waals surface area contributed by atoms with Gasteiger partial charge in [0.1, 0.15) is 17.1 Å². The quantitative estimate of drug-likeness (QED) is 0.595. The van der Waals surface area contributed by atoms with Crippen molar-refractivity contribution >= 4 is 17.7 Å². The number of aromatic nitrogens is 2. The highest BCUT2D eigenvalue weighted by molar-refractivity contribution is 5.98. The van der Waals surface area contributed by atoms with Crippen LogP contribution in [-0.2, 0) is 6.54 Å². The van der Waals surface area contributed by atoms with E-state index >= 15 is 0 Å². The molecular formula is C25H33N5O3. The molecule has 0 spiro atoms. The molecule has 3 fully saturated rings. The van der Waals surface area contributed by atoms with E-state index in [1.807, 2.05) is 19.1 Å². The number of rotatable bonds is 7. The lowest BCUT2D eigenvalue weighted by Gasteiger charge is -2.26. The highest BCUT2D eigenvalue weighted by Crippen LogP contribution is 2.45. The molecule has 33 heavy (non-hydrogen) atoms. The van der Waals surface area contributed by atoms with Gasteiger partial charge in [0.2, 0.25) is 5.95 Å². The topological polar surface area (TPSA) is 99.6 Å². The molecule has 1 amide bonds. The number of anilines is 2. The molecule has 1 aromatic carbocycles. The molecule has 8 heteroatoms. The van der Waals surface area contributed by atoms with Crippen molar-refractivity contribution in [2.45, 2.75) is 57.7 Å². The van der Waals surface area contributed by atoms with Gasteiger partial charge in [0.15, 0.2) is 0 Å². The van der Waals surface area contributed by atoms with Gasteiger partial charge in [-0.1, -0.05) is 12.1 Å². The molecule has 8 nitrogen and oxygen atoms in total. The smallest absolute Gasteiger partial charge is 0.256 e. The fourth-order valence-corrected chi connectivity index (χ4v) is 5.11. The maximum absolute atomic E-state index is 13.1. The largest absolute Gasteiger partial charge is 0.496 e. The second-order valence-corrected chi connectivity index (χ2v) is 9.73. The van der Waals surface area contributed by atoms with Crippen LogP contribution in [0.1, 0.15) is 53.6 Å². The van der Waals surface area contributed by atoms with E-state index in [9.17, 15) is 9.90 Å². The van der Waals surface area contributed by atoms with Crippen LogP contribution in [-0.4, -0.2) is 53.3 Å². The first-order chi connectivity index (χ1) is 16.0. The molecular weight excluding hydrogens is 418 g/mol. The van der Waals surface area contributed by atoms with E-state index in [0.29, 0.717) is 23.9 Å². The van der Waals surface area contributed by atoms with E-state index < -0.39 is 0 Å². The van der Waals surface area contributed by atoms with Crippen molar-refractivity contribution in [3.63, 3.8) is 0 Å². The molecule has 2 aliphatic carbocycles. The summed E-state index contributed by atoms with van der Waals surface area (Å²) >= 11 is 0. The highest BCUT2D eigenvalue weighted by atomic mass is 16.5. The van der Waals surface area contributed by atoms with E-state index in [4.69, 9.17) is 9.72 Å². The van der Waals surface area contributed by atoms with Crippen LogP contribution in [0.15, 0.2) is 24.4 Å². The number of nitrogens with one attached hydrogen (secondary N) is 2. The minimum atomic E-state index is -0.252. The number of nitrogens with zero attached hydrogens (tertiary/aromatic N) is 3. The zero-order valence-electron chi connectivity index (χ0n) is 19.4. The van der Waals surface area contributed by atoms with Crippen LogP contribution in [0.4, 0.5) is 11.8 Å². The van der Waals surface area contributed by atoms with Crippen molar-refractivity contribution in [2.75, 3.05) is 30.4 Å². The molecule has 3 N–H and O–H groups in total. The van der Waals surface area contributed by atoms with Crippen LogP contribution in [0.25, 0.3) is 0 Å². The Labute approximate surface area is 194 Å². The summed E-state index contributed by atoms with van der Waals surface area (Å²) in [5.41, 5.74) is 2.61. The molecule has 2 saturated carbocycles. The summed E-state index contributed by atoms with van der Waals surface area (Å²) in [6, 6.07) is 6.12. The van der Waals surface area contributed by atoms with E-state index in [0.717, 1.165) is 67.5 Å². The third-order valence-electron chi connectivity index (χ3n) is 7.23. The second kappa shape index (κ2) is 9.17. The number of amides is 1. The van der Waals surface area contributed by atoms with Crippen molar-refractivity contribution in [2.24, 2.45) is 11.8 Å². The fraction of sp³-hybridized carbons (Fsp3) is 0.560. The van der Waals surface area contributed by atoms with Crippen molar-refractivity contribution in [1.82, 2.24) is 15.3 Å². The first kappa shape index (κ1) is 21.9. The summed E-state index contributed by atoms with van der Waals surface area (Å²) < 4.78 is 5.36. The Morgan fingerprint density at radius 1 is 1.21 bits per heavy atom. The molecule has 1 aliphatic heterocycles. The average Bonchev–Trinajstić information content (AvgIpc) is 3.43. The monoisotopic (exact) mass is 451 g/mol. The van der Waals surface area contributed by atoms with Crippen molar-refractivity contribution in [3.8, 4) is 5.75 Å². The first-order valence-electron chi connectivity index (χ1n) is 12.0. The molecule has 1 saturated heterocycles. The molecule has 0 bridgehead atoms. The van der Waals surface area contributed by atoms with E-state index in [-0.39, 0.29) is 18.1 Å². The second-order valence-electron chi connectivity index (χ2n) is 9.73. The number of benzene rings is 1. The molecule has 2 heterocycles. The number of methoxy groups -OCH3 is 1. The summed E-state index contributed by atoms with van der Waals surface area (Å²) in [6.45, 7) is 4.56. The molecule has 5 rings (SSSR count).